The molecule has 0 fully saturated rings. The Morgan fingerprint density at radius 2 is 2.17 bits per heavy atom. The molecule has 1 aromatic rings. The van der Waals surface area contributed by atoms with Gasteiger partial charge in [0.15, 0.2) is 5.11 Å². The first-order valence-corrected chi connectivity index (χ1v) is 5.98. The summed E-state index contributed by atoms with van der Waals surface area (Å²) in [5.74, 6) is 0.447. The second-order valence-corrected chi connectivity index (χ2v) is 3.83. The zero-order valence-electron chi connectivity index (χ0n) is 10.4. The Morgan fingerprint density at radius 1 is 1.44 bits per heavy atom. The van der Waals surface area contributed by atoms with Gasteiger partial charge in [-0.25, -0.2) is 0 Å². The van der Waals surface area contributed by atoms with E-state index in [0.717, 1.165) is 11.3 Å². The molecular weight excluding hydrogens is 248 g/mol. The molecule has 0 atom stereocenters. The molecule has 1 rings (SSSR count). The fourth-order valence-electron chi connectivity index (χ4n) is 1.33. The van der Waals surface area contributed by atoms with Crippen LogP contribution in [0.25, 0.3) is 6.08 Å². The molecule has 0 spiro atoms. The van der Waals surface area contributed by atoms with Crippen LogP contribution in [0.1, 0.15) is 12.5 Å². The predicted octanol–water partition coefficient (Wildman–Crippen LogP) is 1.72. The van der Waals surface area contributed by atoms with E-state index >= 15 is 0 Å². The van der Waals surface area contributed by atoms with Gasteiger partial charge in [0.25, 0.3) is 0 Å². The third-order valence-corrected chi connectivity index (χ3v) is 2.37. The molecule has 0 aliphatic heterocycles. The van der Waals surface area contributed by atoms with Crippen molar-refractivity contribution in [3.8, 4) is 5.75 Å². The van der Waals surface area contributed by atoms with E-state index in [2.05, 4.69) is 10.6 Å². The summed E-state index contributed by atoms with van der Waals surface area (Å²) < 4.78 is 5.18. The normalized spacial score (nSPS) is 10.1. The van der Waals surface area contributed by atoms with Crippen LogP contribution in [0.3, 0.4) is 0 Å². The molecule has 0 heterocycles. The Kier molecular flexibility index (Phi) is 5.87. The second kappa shape index (κ2) is 7.45. The first-order valence-electron chi connectivity index (χ1n) is 5.57. The second-order valence-electron chi connectivity index (χ2n) is 3.42. The van der Waals surface area contributed by atoms with Crippen molar-refractivity contribution < 1.29 is 9.53 Å². The van der Waals surface area contributed by atoms with Gasteiger partial charge in [-0.2, -0.15) is 0 Å². The van der Waals surface area contributed by atoms with Gasteiger partial charge < -0.3 is 10.1 Å². The van der Waals surface area contributed by atoms with Gasteiger partial charge in [0.05, 0.1) is 7.11 Å². The largest absolute Gasteiger partial charge is 0.496 e. The molecule has 5 heteroatoms. The van der Waals surface area contributed by atoms with Gasteiger partial charge in [-0.1, -0.05) is 18.2 Å². The zero-order chi connectivity index (χ0) is 13.4. The van der Waals surface area contributed by atoms with Gasteiger partial charge in [0, 0.05) is 18.2 Å². The average molecular weight is 264 g/mol. The van der Waals surface area contributed by atoms with E-state index in [4.69, 9.17) is 17.0 Å². The maximum atomic E-state index is 11.5. The summed E-state index contributed by atoms with van der Waals surface area (Å²) >= 11 is 4.91. The van der Waals surface area contributed by atoms with E-state index in [-0.39, 0.29) is 5.91 Å². The van der Waals surface area contributed by atoms with Crippen LogP contribution in [0, 0.1) is 0 Å². The molecule has 0 aliphatic carbocycles. The molecule has 96 valence electrons. The van der Waals surface area contributed by atoms with Crippen LogP contribution in [0.2, 0.25) is 0 Å². The van der Waals surface area contributed by atoms with Crippen molar-refractivity contribution in [3.63, 3.8) is 0 Å². The molecule has 0 aromatic heterocycles. The van der Waals surface area contributed by atoms with E-state index in [0.29, 0.717) is 11.7 Å². The topological polar surface area (TPSA) is 50.4 Å². The molecule has 1 aromatic carbocycles. The Labute approximate surface area is 112 Å². The minimum atomic E-state index is -0.271. The Balaban J connectivity index is 2.63. The van der Waals surface area contributed by atoms with Crippen molar-refractivity contribution in [3.05, 3.63) is 35.9 Å². The molecule has 0 unspecified atom stereocenters. The number of methoxy groups -OCH3 is 1. The number of hydrogen-bond acceptors (Lipinski definition) is 3. The number of carbonyl (C=O) groups excluding carboxylic acids is 1. The number of benzene rings is 1. The van der Waals surface area contributed by atoms with Crippen molar-refractivity contribution in [2.75, 3.05) is 13.7 Å². The van der Waals surface area contributed by atoms with Crippen LogP contribution in [-0.4, -0.2) is 24.7 Å². The zero-order valence-corrected chi connectivity index (χ0v) is 11.2. The molecule has 2 N–H and O–H groups in total. The van der Waals surface area contributed by atoms with Crippen LogP contribution in [0.4, 0.5) is 0 Å². The maximum absolute atomic E-state index is 11.5. The van der Waals surface area contributed by atoms with Crippen molar-refractivity contribution in [2.24, 2.45) is 0 Å². The molecule has 4 nitrogen and oxygen atoms in total. The summed E-state index contributed by atoms with van der Waals surface area (Å²) in [6.07, 6.45) is 3.10. The van der Waals surface area contributed by atoms with Crippen LogP contribution in [0.15, 0.2) is 30.3 Å². The number of thiocarbonyl (C=S) groups is 1. The fraction of sp³-hybridized carbons (Fsp3) is 0.231. The number of rotatable bonds is 4. The van der Waals surface area contributed by atoms with Crippen LogP contribution < -0.4 is 15.4 Å². The number of para-hydroxylation sites is 1. The third kappa shape index (κ3) is 4.55. The first kappa shape index (κ1) is 14.2. The van der Waals surface area contributed by atoms with E-state index in [1.54, 1.807) is 13.2 Å². The van der Waals surface area contributed by atoms with Crippen molar-refractivity contribution in [1.82, 2.24) is 10.6 Å². The lowest BCUT2D eigenvalue weighted by Gasteiger charge is -2.05. The minimum absolute atomic E-state index is 0.271. The summed E-state index contributed by atoms with van der Waals surface area (Å²) in [5, 5.41) is 5.71. The standard InChI is InChI=1S/C13H16N2O2S/c1-3-14-13(18)15-12(16)9-8-10-6-4-5-7-11(10)17-2/h4-9H,3H2,1-2H3,(H2,14,15,16,18). The predicted molar refractivity (Wildman–Crippen MR) is 76.4 cm³/mol. The molecule has 18 heavy (non-hydrogen) atoms. The molecule has 0 saturated heterocycles. The molecule has 0 aliphatic rings. The lowest BCUT2D eigenvalue weighted by molar-refractivity contribution is -0.115. The van der Waals surface area contributed by atoms with E-state index in [1.807, 2.05) is 31.2 Å². The maximum Gasteiger partial charge on any atom is 0.250 e. The number of nitrogens with one attached hydrogen (secondary N) is 2. The number of carbonyl (C=O) groups is 1. The van der Waals surface area contributed by atoms with Gasteiger partial charge in [0.1, 0.15) is 5.75 Å². The summed E-state index contributed by atoms with van der Waals surface area (Å²) in [5.41, 5.74) is 0.838. The van der Waals surface area contributed by atoms with Crippen LogP contribution in [0.5, 0.6) is 5.75 Å². The van der Waals surface area contributed by atoms with Gasteiger partial charge in [-0.05, 0) is 31.3 Å². The first-order chi connectivity index (χ1) is 8.67. The highest BCUT2D eigenvalue weighted by Gasteiger charge is 2.00. The highest BCUT2D eigenvalue weighted by atomic mass is 32.1. The van der Waals surface area contributed by atoms with E-state index in [1.165, 1.54) is 6.08 Å². The SMILES string of the molecule is CCNC(=S)NC(=O)C=Cc1ccccc1OC. The lowest BCUT2D eigenvalue weighted by atomic mass is 10.2. The quantitative estimate of drug-likeness (QED) is 0.642. The molecule has 0 saturated carbocycles. The summed E-state index contributed by atoms with van der Waals surface area (Å²) in [7, 11) is 1.59. The van der Waals surface area contributed by atoms with Gasteiger partial charge in [-0.3, -0.25) is 10.1 Å². The Bertz CT molecular complexity index is 458. The molecule has 1 amide bonds. The van der Waals surface area contributed by atoms with Crippen LogP contribution >= 0.6 is 12.2 Å². The molecule has 0 bridgehead atoms. The van der Waals surface area contributed by atoms with Crippen molar-refractivity contribution >= 4 is 29.3 Å². The molecular formula is C13H16N2O2S. The van der Waals surface area contributed by atoms with Crippen LogP contribution in [-0.2, 0) is 4.79 Å². The van der Waals surface area contributed by atoms with Crippen molar-refractivity contribution in [2.45, 2.75) is 6.92 Å². The Morgan fingerprint density at radius 3 is 2.83 bits per heavy atom. The summed E-state index contributed by atoms with van der Waals surface area (Å²) in [4.78, 5) is 11.5. The highest BCUT2D eigenvalue weighted by molar-refractivity contribution is 7.80. The van der Waals surface area contributed by atoms with Gasteiger partial charge in [-0.15, -0.1) is 0 Å². The summed E-state index contributed by atoms with van der Waals surface area (Å²) in [6, 6.07) is 7.45. The Hall–Kier alpha value is -1.88. The fourth-order valence-corrected chi connectivity index (χ4v) is 1.57. The average Bonchev–Trinajstić information content (AvgIpc) is 2.37. The van der Waals surface area contributed by atoms with Gasteiger partial charge >= 0.3 is 0 Å². The van der Waals surface area contributed by atoms with Gasteiger partial charge in [0.2, 0.25) is 5.91 Å². The molecule has 0 radical (unpaired) electrons. The number of ether oxygens (including phenoxy) is 1. The monoisotopic (exact) mass is 264 g/mol. The highest BCUT2D eigenvalue weighted by Crippen LogP contribution is 2.18. The number of hydrogen-bond donors (Lipinski definition) is 2. The third-order valence-electron chi connectivity index (χ3n) is 2.13. The van der Waals surface area contributed by atoms with E-state index < -0.39 is 0 Å². The smallest absolute Gasteiger partial charge is 0.250 e. The summed E-state index contributed by atoms with van der Waals surface area (Å²) in [6.45, 7) is 2.58. The minimum Gasteiger partial charge on any atom is -0.496 e. The number of amides is 1. The van der Waals surface area contributed by atoms with Crippen molar-refractivity contribution in [1.29, 1.82) is 0 Å². The van der Waals surface area contributed by atoms with E-state index in [9.17, 15) is 4.79 Å². The lowest BCUT2D eigenvalue weighted by Crippen LogP contribution is -2.38.